The number of carbonyl (C=O) groups excluding carboxylic acids is 1. The van der Waals surface area contributed by atoms with Gasteiger partial charge in [0.05, 0.1) is 0 Å². The largest absolute Gasteiger partial charge is 0.353 e. The number of anilines is 1. The quantitative estimate of drug-likeness (QED) is 0.631. The van der Waals surface area contributed by atoms with Crippen molar-refractivity contribution in [2.75, 3.05) is 31.1 Å². The number of piperazine rings is 1. The molecule has 3 rings (SSSR count). The van der Waals surface area contributed by atoms with Crippen molar-refractivity contribution < 1.29 is 4.79 Å². The van der Waals surface area contributed by atoms with Crippen LogP contribution < -0.4 is 10.6 Å². The van der Waals surface area contributed by atoms with Crippen molar-refractivity contribution in [1.82, 2.24) is 9.88 Å². The Kier molecular flexibility index (Phi) is 8.20. The van der Waals surface area contributed by atoms with Gasteiger partial charge in [0.1, 0.15) is 5.82 Å². The van der Waals surface area contributed by atoms with E-state index in [1.54, 1.807) is 6.07 Å². The third-order valence-corrected chi connectivity index (χ3v) is 6.38. The molecule has 1 unspecified atom stereocenters. The first-order valence-electron chi connectivity index (χ1n) is 10.9. The van der Waals surface area contributed by atoms with Crippen molar-refractivity contribution in [3.63, 3.8) is 0 Å². The summed E-state index contributed by atoms with van der Waals surface area (Å²) in [6.45, 7) is 9.16. The van der Waals surface area contributed by atoms with Crippen molar-refractivity contribution in [2.45, 2.75) is 39.7 Å². The number of pyridine rings is 1. The second-order valence-corrected chi connectivity index (χ2v) is 9.65. The van der Waals surface area contributed by atoms with Gasteiger partial charge in [0.15, 0.2) is 0 Å². The number of rotatable bonds is 7. The van der Waals surface area contributed by atoms with Crippen LogP contribution in [0, 0.1) is 11.8 Å². The van der Waals surface area contributed by atoms with Gasteiger partial charge in [-0.15, -0.1) is 0 Å². The summed E-state index contributed by atoms with van der Waals surface area (Å²) in [5.41, 5.74) is 8.50. The molecule has 7 heteroatoms. The van der Waals surface area contributed by atoms with Gasteiger partial charge in [-0.3, -0.25) is 4.79 Å². The standard InChI is InChI=1S/C24H32Cl2N4O/c1-16(2)13-22(27)20-5-4-8-28-23(20)29-9-11-30(12-10-29)24(31)17(3)14-18-6-7-19(25)15-21(18)26/h4-8,15-17,22H,9-14,27H2,1-3H3/t17?,22-/m0/s1. The lowest BCUT2D eigenvalue weighted by molar-refractivity contribution is -0.135. The average molecular weight is 463 g/mol. The van der Waals surface area contributed by atoms with Crippen LogP contribution in [0.1, 0.15) is 44.4 Å². The van der Waals surface area contributed by atoms with E-state index < -0.39 is 0 Å². The van der Waals surface area contributed by atoms with Gasteiger partial charge in [-0.05, 0) is 42.5 Å². The molecule has 1 aromatic heterocycles. The lowest BCUT2D eigenvalue weighted by Crippen LogP contribution is -2.50. The third-order valence-electron chi connectivity index (χ3n) is 5.80. The number of aromatic nitrogens is 1. The molecule has 0 saturated carbocycles. The molecule has 2 aromatic rings. The SMILES string of the molecule is CC(C)C[C@H](N)c1cccnc1N1CCN(C(=O)C(C)Cc2ccc(Cl)cc2Cl)CC1. The van der Waals surface area contributed by atoms with E-state index in [0.29, 0.717) is 35.5 Å². The second-order valence-electron chi connectivity index (χ2n) is 8.81. The molecule has 0 spiro atoms. The molecule has 5 nitrogen and oxygen atoms in total. The van der Waals surface area contributed by atoms with Crippen molar-refractivity contribution in [3.05, 3.63) is 57.7 Å². The molecule has 2 atom stereocenters. The predicted molar refractivity (Wildman–Crippen MR) is 129 cm³/mol. The number of benzene rings is 1. The van der Waals surface area contributed by atoms with Crippen LogP contribution in [0.25, 0.3) is 0 Å². The van der Waals surface area contributed by atoms with Crippen LogP contribution in [-0.2, 0) is 11.2 Å². The Bertz CT molecular complexity index is 897. The fraction of sp³-hybridized carbons (Fsp3) is 0.500. The summed E-state index contributed by atoms with van der Waals surface area (Å²) in [6.07, 6.45) is 3.34. The Morgan fingerprint density at radius 2 is 1.84 bits per heavy atom. The molecule has 1 aliphatic rings. The average Bonchev–Trinajstić information content (AvgIpc) is 2.74. The molecule has 1 fully saturated rings. The Labute approximate surface area is 195 Å². The summed E-state index contributed by atoms with van der Waals surface area (Å²) in [5, 5.41) is 1.21. The number of nitrogens with two attached hydrogens (primary N) is 1. The van der Waals surface area contributed by atoms with Gasteiger partial charge in [-0.1, -0.05) is 56.1 Å². The minimum absolute atomic E-state index is 0.0347. The van der Waals surface area contributed by atoms with Crippen LogP contribution in [0.3, 0.4) is 0 Å². The molecular formula is C24H32Cl2N4O. The molecule has 1 saturated heterocycles. The maximum atomic E-state index is 13.0. The number of carbonyl (C=O) groups is 1. The van der Waals surface area contributed by atoms with Crippen LogP contribution in [0.2, 0.25) is 10.0 Å². The minimum Gasteiger partial charge on any atom is -0.353 e. The van der Waals surface area contributed by atoms with Gasteiger partial charge in [-0.2, -0.15) is 0 Å². The topological polar surface area (TPSA) is 62.5 Å². The number of amides is 1. The van der Waals surface area contributed by atoms with Crippen LogP contribution in [0.5, 0.6) is 0 Å². The molecule has 0 aliphatic carbocycles. The van der Waals surface area contributed by atoms with E-state index in [1.165, 1.54) is 0 Å². The highest BCUT2D eigenvalue weighted by atomic mass is 35.5. The highest BCUT2D eigenvalue weighted by molar-refractivity contribution is 6.35. The van der Waals surface area contributed by atoms with Crippen LogP contribution in [0.4, 0.5) is 5.82 Å². The van der Waals surface area contributed by atoms with E-state index in [9.17, 15) is 4.79 Å². The highest BCUT2D eigenvalue weighted by Crippen LogP contribution is 2.28. The molecular weight excluding hydrogens is 431 g/mol. The summed E-state index contributed by atoms with van der Waals surface area (Å²) in [5.74, 6) is 1.48. The molecule has 1 aromatic carbocycles. The normalized spacial score (nSPS) is 16.5. The molecule has 168 valence electrons. The van der Waals surface area contributed by atoms with Gasteiger partial charge in [0.2, 0.25) is 5.91 Å². The highest BCUT2D eigenvalue weighted by Gasteiger charge is 2.27. The van der Waals surface area contributed by atoms with E-state index in [-0.39, 0.29) is 17.9 Å². The molecule has 0 radical (unpaired) electrons. The van der Waals surface area contributed by atoms with Crippen molar-refractivity contribution in [3.8, 4) is 0 Å². The van der Waals surface area contributed by atoms with Crippen LogP contribution >= 0.6 is 23.2 Å². The number of hydrogen-bond acceptors (Lipinski definition) is 4. The predicted octanol–water partition coefficient (Wildman–Crippen LogP) is 4.96. The van der Waals surface area contributed by atoms with Crippen LogP contribution in [-0.4, -0.2) is 42.0 Å². The zero-order valence-corrected chi connectivity index (χ0v) is 20.0. The Morgan fingerprint density at radius 1 is 1.13 bits per heavy atom. The van der Waals surface area contributed by atoms with E-state index in [0.717, 1.165) is 36.5 Å². The molecule has 31 heavy (non-hydrogen) atoms. The van der Waals surface area contributed by atoms with Crippen molar-refractivity contribution in [1.29, 1.82) is 0 Å². The zero-order chi connectivity index (χ0) is 22.5. The summed E-state index contributed by atoms with van der Waals surface area (Å²) in [7, 11) is 0. The molecule has 2 N–H and O–H groups in total. The summed E-state index contributed by atoms with van der Waals surface area (Å²) in [4.78, 5) is 21.8. The van der Waals surface area contributed by atoms with Gasteiger partial charge in [0, 0.05) is 59.9 Å². The van der Waals surface area contributed by atoms with Gasteiger partial charge in [0.25, 0.3) is 0 Å². The lowest BCUT2D eigenvalue weighted by atomic mass is 9.97. The van der Waals surface area contributed by atoms with Gasteiger partial charge in [-0.25, -0.2) is 4.98 Å². The fourth-order valence-electron chi connectivity index (χ4n) is 4.15. The van der Waals surface area contributed by atoms with E-state index in [1.807, 2.05) is 36.2 Å². The molecule has 1 amide bonds. The van der Waals surface area contributed by atoms with Gasteiger partial charge < -0.3 is 15.5 Å². The second kappa shape index (κ2) is 10.7. The fourth-order valence-corrected chi connectivity index (χ4v) is 4.64. The Morgan fingerprint density at radius 3 is 2.48 bits per heavy atom. The Balaban J connectivity index is 1.61. The van der Waals surface area contributed by atoms with Crippen molar-refractivity contribution >= 4 is 34.9 Å². The first-order chi connectivity index (χ1) is 14.8. The minimum atomic E-state index is -0.143. The molecule has 2 heterocycles. The third kappa shape index (κ3) is 6.12. The Hall–Kier alpha value is -1.82. The smallest absolute Gasteiger partial charge is 0.225 e. The number of hydrogen-bond donors (Lipinski definition) is 1. The number of nitrogens with zero attached hydrogens (tertiary/aromatic N) is 3. The van der Waals surface area contributed by atoms with Gasteiger partial charge >= 0.3 is 0 Å². The zero-order valence-electron chi connectivity index (χ0n) is 18.5. The monoisotopic (exact) mass is 462 g/mol. The summed E-state index contributed by atoms with van der Waals surface area (Å²) >= 11 is 12.3. The first kappa shape index (κ1) is 23.8. The first-order valence-corrected chi connectivity index (χ1v) is 11.7. The number of halogens is 2. The maximum absolute atomic E-state index is 13.0. The van der Waals surface area contributed by atoms with Crippen LogP contribution in [0.15, 0.2) is 36.5 Å². The van der Waals surface area contributed by atoms with Crippen molar-refractivity contribution in [2.24, 2.45) is 17.6 Å². The van der Waals surface area contributed by atoms with E-state index >= 15 is 0 Å². The molecule has 1 aliphatic heterocycles. The summed E-state index contributed by atoms with van der Waals surface area (Å²) in [6, 6.07) is 9.42. The summed E-state index contributed by atoms with van der Waals surface area (Å²) < 4.78 is 0. The molecule has 0 bridgehead atoms. The van der Waals surface area contributed by atoms with E-state index in [4.69, 9.17) is 28.9 Å². The lowest BCUT2D eigenvalue weighted by Gasteiger charge is -2.37. The van der Waals surface area contributed by atoms with E-state index in [2.05, 4.69) is 29.8 Å². The maximum Gasteiger partial charge on any atom is 0.225 e.